The summed E-state index contributed by atoms with van der Waals surface area (Å²) in [6, 6.07) is 18.4. The number of rotatable bonds is 9. The third-order valence-electron chi connectivity index (χ3n) is 11.9. The van der Waals surface area contributed by atoms with Crippen molar-refractivity contribution in [2.45, 2.75) is 80.3 Å². The minimum Gasteiger partial charge on any atom is -0.511 e. The molecule has 2 N–H and O–H groups in total. The first kappa shape index (κ1) is 36.2. The van der Waals surface area contributed by atoms with Gasteiger partial charge in [-0.3, -0.25) is 4.79 Å². The Balaban J connectivity index is 1.41. The van der Waals surface area contributed by atoms with Crippen molar-refractivity contribution in [2.24, 2.45) is 26.8 Å². The molecule has 8 nitrogen and oxygen atoms in total. The number of ether oxygens (including phenoxy) is 2. The number of fused-ring (bicyclic) bond motifs is 5. The number of allylic oxidation sites excluding steroid dienone is 12. The third-order valence-corrected chi connectivity index (χ3v) is 11.9. The van der Waals surface area contributed by atoms with Gasteiger partial charge in [0.25, 0.3) is 0 Å². The van der Waals surface area contributed by atoms with Gasteiger partial charge in [-0.05, 0) is 91.7 Å². The second kappa shape index (κ2) is 14.5. The van der Waals surface area contributed by atoms with Crippen LogP contribution in [0.25, 0.3) is 5.57 Å². The van der Waals surface area contributed by atoms with E-state index in [1.807, 2.05) is 43.3 Å². The van der Waals surface area contributed by atoms with E-state index in [1.165, 1.54) is 18.3 Å². The van der Waals surface area contributed by atoms with Crippen molar-refractivity contribution in [2.75, 3.05) is 7.11 Å². The summed E-state index contributed by atoms with van der Waals surface area (Å²) in [5, 5.41) is 15.5. The van der Waals surface area contributed by atoms with Gasteiger partial charge in [0, 0.05) is 58.4 Å². The maximum absolute atomic E-state index is 12.7. The molecule has 5 aliphatic heterocycles. The summed E-state index contributed by atoms with van der Waals surface area (Å²) in [4.78, 5) is 28.6. The molecular formula is C47H48N4O4. The fraction of sp³-hybridized carbons (Fsp3) is 0.319. The Bertz CT molecular complexity index is 2390. The van der Waals surface area contributed by atoms with E-state index in [0.29, 0.717) is 25.2 Å². The molecule has 0 aromatic heterocycles. The highest BCUT2D eigenvalue weighted by Gasteiger charge is 2.43. The number of nitrogens with one attached hydrogen (secondary N) is 1. The number of hydrogen-bond acceptors (Lipinski definition) is 8. The molecule has 2 aromatic rings. The van der Waals surface area contributed by atoms with E-state index in [1.54, 1.807) is 0 Å². The first-order valence-corrected chi connectivity index (χ1v) is 19.4. The number of benzene rings is 2. The second-order valence-electron chi connectivity index (χ2n) is 15.0. The fourth-order valence-electron chi connectivity index (χ4n) is 8.95. The van der Waals surface area contributed by atoms with Gasteiger partial charge in [-0.25, -0.2) is 15.0 Å². The molecule has 55 heavy (non-hydrogen) atoms. The molecule has 0 unspecified atom stereocenters. The standard InChI is InChI=1S/C47H48N4O4/c1-8-30-25(3)35-22-38-31(9-2)26(4)44(50-38)43(33-17-13-14-18-40(33)55-24-29-15-11-10-12-16-29)45-27(5)32(19-20-41(53)54-7)46(51-45)34-21-39(52)42-28(6)36(49-47(34)42)23-37(30)48-35/h10-18,22-23,27,32,51-52H,8-9,19-21,24H2,1-7H3/t27-,32-/m0/s1. The summed E-state index contributed by atoms with van der Waals surface area (Å²) in [5.41, 5.74) is 17.4. The number of hydrogen-bond donors (Lipinski definition) is 2. The quantitative estimate of drug-likeness (QED) is 0.250. The van der Waals surface area contributed by atoms with Gasteiger partial charge in [-0.15, -0.1) is 0 Å². The SMILES string of the molecule is CCC1=C(C)C2=NC1=CC1=C(C)C3=C(O)CC(=C4NC(=C(c5ccccc5OCc5ccccc5)C5=NC(=C2)C(CC)=C5C)[C@@H](C)[C@@H]4CCC(=O)OC)C3=N1. The van der Waals surface area contributed by atoms with Gasteiger partial charge in [-0.2, -0.15) is 0 Å². The molecule has 8 heteroatoms. The zero-order chi connectivity index (χ0) is 38.5. The minimum atomic E-state index is -0.252. The molecule has 8 rings (SSSR count). The van der Waals surface area contributed by atoms with Crippen LogP contribution in [0, 0.1) is 11.8 Å². The number of aliphatic imine (C=N–C) groups is 3. The summed E-state index contributed by atoms with van der Waals surface area (Å²) >= 11 is 0. The zero-order valence-corrected chi connectivity index (χ0v) is 32.8. The summed E-state index contributed by atoms with van der Waals surface area (Å²) < 4.78 is 11.8. The number of aliphatic hydroxyl groups is 1. The van der Waals surface area contributed by atoms with Crippen molar-refractivity contribution in [3.8, 4) is 5.75 Å². The molecule has 1 saturated heterocycles. The molecule has 2 aromatic carbocycles. The van der Waals surface area contributed by atoms with Crippen LogP contribution in [0.15, 0.2) is 155 Å². The monoisotopic (exact) mass is 732 g/mol. The predicted molar refractivity (Wildman–Crippen MR) is 220 cm³/mol. The largest absolute Gasteiger partial charge is 0.511 e. The molecular weight excluding hydrogens is 685 g/mol. The van der Waals surface area contributed by atoms with Crippen molar-refractivity contribution in [3.63, 3.8) is 0 Å². The molecule has 0 radical (unpaired) electrons. The van der Waals surface area contributed by atoms with Crippen LogP contribution < -0.4 is 10.1 Å². The Hall–Kier alpha value is -5.76. The number of carbonyl (C=O) groups is 1. The van der Waals surface area contributed by atoms with Gasteiger partial charge in [0.05, 0.1) is 41.3 Å². The molecule has 5 heterocycles. The number of para-hydroxylation sites is 1. The number of methoxy groups -OCH3 is 1. The van der Waals surface area contributed by atoms with Crippen LogP contribution in [0.4, 0.5) is 0 Å². The lowest BCUT2D eigenvalue weighted by atomic mass is 9.83. The third kappa shape index (κ3) is 6.18. The van der Waals surface area contributed by atoms with E-state index in [0.717, 1.165) is 109 Å². The van der Waals surface area contributed by atoms with E-state index in [4.69, 9.17) is 24.5 Å². The van der Waals surface area contributed by atoms with E-state index in [-0.39, 0.29) is 24.2 Å². The van der Waals surface area contributed by atoms with E-state index in [9.17, 15) is 9.90 Å². The van der Waals surface area contributed by atoms with Gasteiger partial charge >= 0.3 is 5.97 Å². The molecule has 1 fully saturated rings. The molecule has 0 amide bonds. The van der Waals surface area contributed by atoms with Crippen LogP contribution in [0.1, 0.15) is 84.8 Å². The summed E-state index contributed by atoms with van der Waals surface area (Å²) in [7, 11) is 1.44. The maximum Gasteiger partial charge on any atom is 0.305 e. The van der Waals surface area contributed by atoms with Gasteiger partial charge in [0.1, 0.15) is 18.1 Å². The Labute approximate surface area is 323 Å². The van der Waals surface area contributed by atoms with Crippen LogP contribution in [-0.4, -0.2) is 35.3 Å². The molecule has 8 bridgehead atoms. The minimum absolute atomic E-state index is 0.0601. The van der Waals surface area contributed by atoms with Crippen molar-refractivity contribution in [1.82, 2.24) is 5.32 Å². The van der Waals surface area contributed by atoms with Gasteiger partial charge < -0.3 is 19.9 Å². The van der Waals surface area contributed by atoms with Crippen LogP contribution in [-0.2, 0) is 16.1 Å². The number of carbonyl (C=O) groups excluding carboxylic acids is 1. The molecule has 0 saturated carbocycles. The molecule has 280 valence electrons. The average Bonchev–Trinajstić information content (AvgIpc) is 3.96. The maximum atomic E-state index is 12.7. The average molecular weight is 733 g/mol. The lowest BCUT2D eigenvalue weighted by Gasteiger charge is -2.21. The van der Waals surface area contributed by atoms with Gasteiger partial charge in [0.2, 0.25) is 0 Å². The Morgan fingerprint density at radius 3 is 2.29 bits per heavy atom. The normalized spacial score (nSPS) is 21.7. The van der Waals surface area contributed by atoms with Crippen LogP contribution in [0.5, 0.6) is 5.75 Å². The topological polar surface area (TPSA) is 105 Å². The zero-order valence-electron chi connectivity index (χ0n) is 32.8. The van der Waals surface area contributed by atoms with Crippen molar-refractivity contribution < 1.29 is 19.4 Å². The van der Waals surface area contributed by atoms with Crippen LogP contribution in [0.2, 0.25) is 0 Å². The summed E-state index contributed by atoms with van der Waals surface area (Å²) in [6.45, 7) is 13.3. The predicted octanol–water partition coefficient (Wildman–Crippen LogP) is 10.1. The summed E-state index contributed by atoms with van der Waals surface area (Å²) in [5.74, 6) is 0.663. The van der Waals surface area contributed by atoms with Crippen molar-refractivity contribution in [1.29, 1.82) is 0 Å². The van der Waals surface area contributed by atoms with Crippen LogP contribution >= 0.6 is 0 Å². The highest BCUT2D eigenvalue weighted by atomic mass is 16.5. The van der Waals surface area contributed by atoms with Crippen molar-refractivity contribution >= 4 is 28.7 Å². The van der Waals surface area contributed by atoms with E-state index in [2.05, 4.69) is 70.3 Å². The highest BCUT2D eigenvalue weighted by Crippen LogP contribution is 2.49. The molecule has 2 atom stereocenters. The number of esters is 1. The smallest absolute Gasteiger partial charge is 0.305 e. The lowest BCUT2D eigenvalue weighted by molar-refractivity contribution is -0.140. The number of nitrogens with zero attached hydrogens (tertiary/aromatic N) is 3. The van der Waals surface area contributed by atoms with Crippen LogP contribution in [0.3, 0.4) is 0 Å². The summed E-state index contributed by atoms with van der Waals surface area (Å²) in [6.07, 6.45) is 7.01. The lowest BCUT2D eigenvalue weighted by Crippen LogP contribution is -2.17. The fourth-order valence-corrected chi connectivity index (χ4v) is 8.95. The Morgan fingerprint density at radius 1 is 0.836 bits per heavy atom. The van der Waals surface area contributed by atoms with Crippen molar-refractivity contribution in [3.05, 3.63) is 151 Å². The van der Waals surface area contributed by atoms with Gasteiger partial charge in [-0.1, -0.05) is 69.3 Å². The van der Waals surface area contributed by atoms with E-state index >= 15 is 0 Å². The number of aliphatic hydroxyl groups excluding tert-OH is 1. The Morgan fingerprint density at radius 2 is 1.55 bits per heavy atom. The molecule has 6 aliphatic rings. The van der Waals surface area contributed by atoms with Gasteiger partial charge in [0.15, 0.2) is 0 Å². The highest BCUT2D eigenvalue weighted by molar-refractivity contribution is 6.35. The van der Waals surface area contributed by atoms with E-state index < -0.39 is 0 Å². The molecule has 1 aliphatic carbocycles. The Kier molecular flexibility index (Phi) is 9.53. The second-order valence-corrected chi connectivity index (χ2v) is 15.0. The molecule has 0 spiro atoms. The first-order valence-electron chi connectivity index (χ1n) is 19.4. The first-order chi connectivity index (χ1) is 26.6.